The number of nitrogens with one attached hydrogen (secondary N) is 1. The quantitative estimate of drug-likeness (QED) is 0.909. The summed E-state index contributed by atoms with van der Waals surface area (Å²) in [6, 6.07) is 5.79. The Kier molecular flexibility index (Phi) is 3.77. The van der Waals surface area contributed by atoms with E-state index in [4.69, 9.17) is 9.47 Å². The lowest BCUT2D eigenvalue weighted by molar-refractivity contribution is -0.130. The van der Waals surface area contributed by atoms with Crippen LogP contribution in [0.15, 0.2) is 30.6 Å². The van der Waals surface area contributed by atoms with Crippen molar-refractivity contribution in [3.05, 3.63) is 41.7 Å². The van der Waals surface area contributed by atoms with Crippen LogP contribution in [0.5, 0.6) is 11.5 Å². The maximum absolute atomic E-state index is 12.1. The van der Waals surface area contributed by atoms with Crippen LogP contribution >= 0.6 is 0 Å². The van der Waals surface area contributed by atoms with E-state index in [0.29, 0.717) is 19.4 Å². The standard InChI is InChI=1S/C15H17N3O3/c1-18(9-12-7-16-17-8-12)15(19)5-3-11-2-4-13-14(6-11)21-10-20-13/h2,4,6-8H,3,5,9-10H2,1H3,(H,16,17). The van der Waals surface area contributed by atoms with Crippen molar-refractivity contribution in [3.8, 4) is 11.5 Å². The lowest BCUT2D eigenvalue weighted by Gasteiger charge is -2.16. The van der Waals surface area contributed by atoms with Gasteiger partial charge in [-0.2, -0.15) is 5.10 Å². The second-order valence-corrected chi connectivity index (χ2v) is 5.04. The molecule has 0 fully saturated rings. The summed E-state index contributed by atoms with van der Waals surface area (Å²) in [6.07, 6.45) is 4.67. The van der Waals surface area contributed by atoms with Crippen LogP contribution in [0.3, 0.4) is 0 Å². The minimum absolute atomic E-state index is 0.105. The van der Waals surface area contributed by atoms with E-state index >= 15 is 0 Å². The van der Waals surface area contributed by atoms with Crippen molar-refractivity contribution in [2.24, 2.45) is 0 Å². The molecular weight excluding hydrogens is 270 g/mol. The lowest BCUT2D eigenvalue weighted by Crippen LogP contribution is -2.26. The molecule has 6 heteroatoms. The predicted molar refractivity (Wildman–Crippen MR) is 75.9 cm³/mol. The van der Waals surface area contributed by atoms with E-state index in [1.54, 1.807) is 24.3 Å². The molecule has 2 heterocycles. The first kappa shape index (κ1) is 13.5. The highest BCUT2D eigenvalue weighted by atomic mass is 16.7. The van der Waals surface area contributed by atoms with Crippen LogP contribution in [-0.2, 0) is 17.8 Å². The summed E-state index contributed by atoms with van der Waals surface area (Å²) in [5.41, 5.74) is 2.07. The van der Waals surface area contributed by atoms with E-state index in [-0.39, 0.29) is 12.7 Å². The summed E-state index contributed by atoms with van der Waals surface area (Å²) in [7, 11) is 1.80. The van der Waals surface area contributed by atoms with E-state index in [2.05, 4.69) is 10.2 Å². The van der Waals surface area contributed by atoms with Crippen LogP contribution in [-0.4, -0.2) is 34.8 Å². The number of H-pyrrole nitrogens is 1. The number of aryl methyl sites for hydroxylation is 1. The Morgan fingerprint density at radius 2 is 2.19 bits per heavy atom. The van der Waals surface area contributed by atoms with Crippen LogP contribution in [0.4, 0.5) is 0 Å². The topological polar surface area (TPSA) is 67.5 Å². The summed E-state index contributed by atoms with van der Waals surface area (Å²) < 4.78 is 10.6. The van der Waals surface area contributed by atoms with Crippen molar-refractivity contribution in [2.45, 2.75) is 19.4 Å². The van der Waals surface area contributed by atoms with Crippen LogP contribution in [0.25, 0.3) is 0 Å². The molecule has 1 aliphatic heterocycles. The Morgan fingerprint density at radius 1 is 1.33 bits per heavy atom. The van der Waals surface area contributed by atoms with E-state index in [9.17, 15) is 4.79 Å². The van der Waals surface area contributed by atoms with E-state index < -0.39 is 0 Å². The Bertz CT molecular complexity index is 625. The molecule has 1 amide bonds. The Hall–Kier alpha value is -2.50. The molecule has 1 N–H and O–H groups in total. The molecule has 0 atom stereocenters. The molecule has 3 rings (SSSR count). The molecule has 21 heavy (non-hydrogen) atoms. The summed E-state index contributed by atoms with van der Waals surface area (Å²) in [5, 5.41) is 6.61. The van der Waals surface area contributed by atoms with Gasteiger partial charge in [-0.15, -0.1) is 0 Å². The van der Waals surface area contributed by atoms with Gasteiger partial charge < -0.3 is 14.4 Å². The molecule has 0 unspecified atom stereocenters. The minimum Gasteiger partial charge on any atom is -0.454 e. The number of aromatic amines is 1. The largest absolute Gasteiger partial charge is 0.454 e. The van der Waals surface area contributed by atoms with Crippen molar-refractivity contribution < 1.29 is 14.3 Å². The number of fused-ring (bicyclic) bond motifs is 1. The fraction of sp³-hybridized carbons (Fsp3) is 0.333. The highest BCUT2D eigenvalue weighted by molar-refractivity contribution is 5.76. The molecule has 0 saturated carbocycles. The molecule has 6 nitrogen and oxygen atoms in total. The Labute approximate surface area is 122 Å². The number of nitrogens with zero attached hydrogens (tertiary/aromatic N) is 2. The zero-order valence-electron chi connectivity index (χ0n) is 11.8. The summed E-state index contributed by atoms with van der Waals surface area (Å²) >= 11 is 0. The number of hydrogen-bond acceptors (Lipinski definition) is 4. The maximum atomic E-state index is 12.1. The summed E-state index contributed by atoms with van der Waals surface area (Å²) in [6.45, 7) is 0.835. The molecule has 1 aromatic heterocycles. The van der Waals surface area contributed by atoms with Gasteiger partial charge in [0, 0.05) is 31.8 Å². The van der Waals surface area contributed by atoms with Gasteiger partial charge >= 0.3 is 0 Å². The van der Waals surface area contributed by atoms with Gasteiger partial charge in [-0.25, -0.2) is 0 Å². The zero-order valence-corrected chi connectivity index (χ0v) is 11.8. The monoisotopic (exact) mass is 287 g/mol. The second-order valence-electron chi connectivity index (χ2n) is 5.04. The number of aromatic nitrogens is 2. The average molecular weight is 287 g/mol. The van der Waals surface area contributed by atoms with E-state index in [0.717, 1.165) is 22.6 Å². The summed E-state index contributed by atoms with van der Waals surface area (Å²) in [4.78, 5) is 13.8. The third-order valence-corrected chi connectivity index (χ3v) is 3.46. The smallest absolute Gasteiger partial charge is 0.231 e. The minimum atomic E-state index is 0.105. The predicted octanol–water partition coefficient (Wildman–Crippen LogP) is 1.73. The third kappa shape index (κ3) is 3.16. The fourth-order valence-electron chi connectivity index (χ4n) is 2.26. The molecule has 0 bridgehead atoms. The lowest BCUT2D eigenvalue weighted by atomic mass is 10.1. The number of ether oxygens (including phenoxy) is 2. The van der Waals surface area contributed by atoms with Crippen molar-refractivity contribution in [1.29, 1.82) is 0 Å². The molecule has 0 aliphatic carbocycles. The van der Waals surface area contributed by atoms with Crippen LogP contribution < -0.4 is 9.47 Å². The maximum Gasteiger partial charge on any atom is 0.231 e. The number of amides is 1. The van der Waals surface area contributed by atoms with Crippen LogP contribution in [0.1, 0.15) is 17.5 Å². The van der Waals surface area contributed by atoms with Gasteiger partial charge in [-0.05, 0) is 24.1 Å². The molecule has 0 radical (unpaired) electrons. The first-order valence-electron chi connectivity index (χ1n) is 6.82. The van der Waals surface area contributed by atoms with Gasteiger partial charge in [0.15, 0.2) is 11.5 Å². The molecule has 0 saturated heterocycles. The molecule has 0 spiro atoms. The van der Waals surface area contributed by atoms with Crippen LogP contribution in [0.2, 0.25) is 0 Å². The summed E-state index contributed by atoms with van der Waals surface area (Å²) in [5.74, 6) is 1.63. The SMILES string of the molecule is CN(Cc1cn[nH]c1)C(=O)CCc1ccc2c(c1)OCO2. The zero-order chi connectivity index (χ0) is 14.7. The number of rotatable bonds is 5. The number of carbonyl (C=O) groups is 1. The van der Waals surface area contributed by atoms with Gasteiger partial charge in [-0.1, -0.05) is 6.07 Å². The average Bonchev–Trinajstić information content (AvgIpc) is 3.14. The number of benzene rings is 1. The van der Waals surface area contributed by atoms with E-state index in [1.165, 1.54) is 0 Å². The van der Waals surface area contributed by atoms with Gasteiger partial charge in [0.25, 0.3) is 0 Å². The van der Waals surface area contributed by atoms with Crippen LogP contribution in [0, 0.1) is 0 Å². The normalized spacial score (nSPS) is 12.4. The number of carbonyl (C=O) groups excluding carboxylic acids is 1. The third-order valence-electron chi connectivity index (χ3n) is 3.46. The number of hydrogen-bond donors (Lipinski definition) is 1. The highest BCUT2D eigenvalue weighted by Crippen LogP contribution is 2.32. The first-order valence-corrected chi connectivity index (χ1v) is 6.82. The second kappa shape index (κ2) is 5.87. The molecule has 2 aromatic rings. The Morgan fingerprint density at radius 3 is 3.00 bits per heavy atom. The van der Waals surface area contributed by atoms with Gasteiger partial charge in [0.05, 0.1) is 6.20 Å². The molecule has 1 aromatic carbocycles. The molecule has 1 aliphatic rings. The van der Waals surface area contributed by atoms with Crippen molar-refractivity contribution in [2.75, 3.05) is 13.8 Å². The van der Waals surface area contributed by atoms with Gasteiger partial charge in [-0.3, -0.25) is 9.89 Å². The van der Waals surface area contributed by atoms with Gasteiger partial charge in [0.2, 0.25) is 12.7 Å². The van der Waals surface area contributed by atoms with Crippen molar-refractivity contribution in [3.63, 3.8) is 0 Å². The van der Waals surface area contributed by atoms with Crippen molar-refractivity contribution in [1.82, 2.24) is 15.1 Å². The molecular formula is C15H17N3O3. The van der Waals surface area contributed by atoms with E-state index in [1.807, 2.05) is 18.2 Å². The fourth-order valence-corrected chi connectivity index (χ4v) is 2.26. The van der Waals surface area contributed by atoms with Crippen molar-refractivity contribution >= 4 is 5.91 Å². The first-order chi connectivity index (χ1) is 10.2. The Balaban J connectivity index is 1.53. The highest BCUT2D eigenvalue weighted by Gasteiger charge is 2.14. The van der Waals surface area contributed by atoms with Gasteiger partial charge in [0.1, 0.15) is 0 Å². The molecule has 110 valence electrons.